The Balaban J connectivity index is 2.79. The SMILES string of the molecule is COC(=O)C1(N)CCCC(N(CC(C)C)C(C)C)C1. The highest BCUT2D eigenvalue weighted by Crippen LogP contribution is 2.31. The Hall–Kier alpha value is -0.610. The van der Waals surface area contributed by atoms with Crippen LogP contribution in [0.3, 0.4) is 0 Å². The van der Waals surface area contributed by atoms with Crippen molar-refractivity contribution in [3.05, 3.63) is 0 Å². The summed E-state index contributed by atoms with van der Waals surface area (Å²) in [6, 6.07) is 0.868. The Kier molecular flexibility index (Phi) is 5.81. The van der Waals surface area contributed by atoms with Gasteiger partial charge in [0.2, 0.25) is 0 Å². The summed E-state index contributed by atoms with van der Waals surface area (Å²) < 4.78 is 4.88. The summed E-state index contributed by atoms with van der Waals surface area (Å²) in [7, 11) is 1.43. The van der Waals surface area contributed by atoms with Gasteiger partial charge in [-0.3, -0.25) is 9.69 Å². The van der Waals surface area contributed by atoms with Gasteiger partial charge in [0, 0.05) is 18.6 Å². The smallest absolute Gasteiger partial charge is 0.325 e. The predicted molar refractivity (Wildman–Crippen MR) is 77.9 cm³/mol. The fourth-order valence-electron chi connectivity index (χ4n) is 3.15. The third-order valence-corrected chi connectivity index (χ3v) is 4.06. The summed E-state index contributed by atoms with van der Waals surface area (Å²) in [5.74, 6) is 0.361. The fourth-order valence-corrected chi connectivity index (χ4v) is 3.15. The number of hydrogen-bond acceptors (Lipinski definition) is 4. The Morgan fingerprint density at radius 2 is 2.05 bits per heavy atom. The lowest BCUT2D eigenvalue weighted by atomic mass is 9.78. The van der Waals surface area contributed by atoms with Crippen LogP contribution in [0.1, 0.15) is 53.4 Å². The largest absolute Gasteiger partial charge is 0.468 e. The van der Waals surface area contributed by atoms with Gasteiger partial charge in [-0.2, -0.15) is 0 Å². The second kappa shape index (κ2) is 6.71. The molecule has 1 rings (SSSR count). The molecule has 0 spiro atoms. The molecule has 2 unspecified atom stereocenters. The Bertz CT molecular complexity index is 305. The minimum Gasteiger partial charge on any atom is -0.468 e. The summed E-state index contributed by atoms with van der Waals surface area (Å²) in [5.41, 5.74) is 5.48. The van der Waals surface area contributed by atoms with E-state index in [-0.39, 0.29) is 5.97 Å². The van der Waals surface area contributed by atoms with Crippen LogP contribution in [0.25, 0.3) is 0 Å². The molecule has 0 aromatic rings. The topological polar surface area (TPSA) is 55.6 Å². The fraction of sp³-hybridized carbons (Fsp3) is 0.933. The van der Waals surface area contributed by atoms with Crippen molar-refractivity contribution in [1.82, 2.24) is 4.90 Å². The molecule has 1 saturated carbocycles. The van der Waals surface area contributed by atoms with Gasteiger partial charge in [-0.25, -0.2) is 0 Å². The van der Waals surface area contributed by atoms with E-state index in [0.717, 1.165) is 25.8 Å². The van der Waals surface area contributed by atoms with Crippen LogP contribution >= 0.6 is 0 Å². The molecular formula is C15H30N2O2. The molecule has 0 amide bonds. The quantitative estimate of drug-likeness (QED) is 0.778. The van der Waals surface area contributed by atoms with Crippen LogP contribution < -0.4 is 5.73 Å². The molecule has 2 atom stereocenters. The van der Waals surface area contributed by atoms with Crippen LogP contribution in [-0.4, -0.2) is 42.1 Å². The van der Waals surface area contributed by atoms with E-state index in [2.05, 4.69) is 32.6 Å². The van der Waals surface area contributed by atoms with Gasteiger partial charge in [0.05, 0.1) is 7.11 Å². The second-order valence-corrected chi connectivity index (χ2v) is 6.58. The van der Waals surface area contributed by atoms with Crippen molar-refractivity contribution in [2.75, 3.05) is 13.7 Å². The zero-order chi connectivity index (χ0) is 14.6. The molecule has 112 valence electrons. The van der Waals surface area contributed by atoms with E-state index < -0.39 is 5.54 Å². The molecule has 0 saturated heterocycles. The molecule has 1 fully saturated rings. The van der Waals surface area contributed by atoms with Crippen molar-refractivity contribution < 1.29 is 9.53 Å². The molecule has 0 aromatic heterocycles. The Labute approximate surface area is 117 Å². The molecule has 2 N–H and O–H groups in total. The van der Waals surface area contributed by atoms with Crippen molar-refractivity contribution in [2.45, 2.75) is 71.0 Å². The summed E-state index contributed by atoms with van der Waals surface area (Å²) in [6.45, 7) is 9.95. The summed E-state index contributed by atoms with van der Waals surface area (Å²) >= 11 is 0. The van der Waals surface area contributed by atoms with Crippen LogP contribution in [-0.2, 0) is 9.53 Å². The lowest BCUT2D eigenvalue weighted by Crippen LogP contribution is -2.57. The highest BCUT2D eigenvalue weighted by atomic mass is 16.5. The number of carbonyl (C=O) groups excluding carboxylic acids is 1. The molecule has 0 bridgehead atoms. The zero-order valence-electron chi connectivity index (χ0n) is 13.1. The van der Waals surface area contributed by atoms with Gasteiger partial charge in [0.15, 0.2) is 0 Å². The average molecular weight is 270 g/mol. The first-order valence-corrected chi connectivity index (χ1v) is 7.43. The number of nitrogens with two attached hydrogens (primary N) is 1. The second-order valence-electron chi connectivity index (χ2n) is 6.58. The third kappa shape index (κ3) is 4.18. The first kappa shape index (κ1) is 16.4. The van der Waals surface area contributed by atoms with Crippen LogP contribution in [0.2, 0.25) is 0 Å². The van der Waals surface area contributed by atoms with Crippen LogP contribution in [0, 0.1) is 5.92 Å². The lowest BCUT2D eigenvalue weighted by molar-refractivity contribution is -0.149. The van der Waals surface area contributed by atoms with Gasteiger partial charge in [-0.1, -0.05) is 13.8 Å². The summed E-state index contributed by atoms with van der Waals surface area (Å²) in [4.78, 5) is 14.4. The molecule has 4 nitrogen and oxygen atoms in total. The van der Waals surface area contributed by atoms with Crippen molar-refractivity contribution >= 4 is 5.97 Å². The van der Waals surface area contributed by atoms with Crippen LogP contribution in [0.4, 0.5) is 0 Å². The maximum atomic E-state index is 11.9. The summed E-state index contributed by atoms with van der Waals surface area (Å²) in [5, 5.41) is 0. The first-order chi connectivity index (χ1) is 8.80. The monoisotopic (exact) mass is 270 g/mol. The highest BCUT2D eigenvalue weighted by Gasteiger charge is 2.42. The molecule has 1 aliphatic carbocycles. The van der Waals surface area contributed by atoms with Gasteiger partial charge >= 0.3 is 5.97 Å². The van der Waals surface area contributed by atoms with Gasteiger partial charge in [0.1, 0.15) is 5.54 Å². The van der Waals surface area contributed by atoms with Crippen LogP contribution in [0.5, 0.6) is 0 Å². The maximum absolute atomic E-state index is 11.9. The molecule has 1 aliphatic rings. The van der Waals surface area contributed by atoms with Gasteiger partial charge in [-0.15, -0.1) is 0 Å². The number of esters is 1. The minimum atomic E-state index is -0.790. The van der Waals surface area contributed by atoms with Gasteiger partial charge < -0.3 is 10.5 Å². The third-order valence-electron chi connectivity index (χ3n) is 4.06. The minimum absolute atomic E-state index is 0.259. The van der Waals surface area contributed by atoms with Gasteiger partial charge in [0.25, 0.3) is 0 Å². The Morgan fingerprint density at radius 1 is 1.42 bits per heavy atom. The number of carbonyl (C=O) groups is 1. The zero-order valence-corrected chi connectivity index (χ0v) is 13.1. The average Bonchev–Trinajstić information content (AvgIpc) is 2.34. The molecule has 0 aliphatic heterocycles. The molecule has 19 heavy (non-hydrogen) atoms. The van der Waals surface area contributed by atoms with E-state index in [1.165, 1.54) is 7.11 Å². The van der Waals surface area contributed by atoms with Crippen molar-refractivity contribution in [3.8, 4) is 0 Å². The molecular weight excluding hydrogens is 240 g/mol. The van der Waals surface area contributed by atoms with E-state index >= 15 is 0 Å². The van der Waals surface area contributed by atoms with Crippen molar-refractivity contribution in [3.63, 3.8) is 0 Å². The van der Waals surface area contributed by atoms with Gasteiger partial charge in [-0.05, 0) is 45.4 Å². The van der Waals surface area contributed by atoms with E-state index in [1.54, 1.807) is 0 Å². The standard InChI is InChI=1S/C15H30N2O2/c1-11(2)10-17(12(3)4)13-7-6-8-15(16,9-13)14(18)19-5/h11-13H,6-10,16H2,1-5H3. The van der Waals surface area contributed by atoms with Crippen molar-refractivity contribution in [1.29, 1.82) is 0 Å². The lowest BCUT2D eigenvalue weighted by Gasteiger charge is -2.43. The highest BCUT2D eigenvalue weighted by molar-refractivity contribution is 5.80. The number of rotatable bonds is 5. The summed E-state index contributed by atoms with van der Waals surface area (Å²) in [6.07, 6.45) is 3.58. The molecule has 0 aromatic carbocycles. The number of methoxy groups -OCH3 is 1. The maximum Gasteiger partial charge on any atom is 0.325 e. The van der Waals surface area contributed by atoms with E-state index in [4.69, 9.17) is 10.5 Å². The molecule has 0 radical (unpaired) electrons. The predicted octanol–water partition coefficient (Wildman–Crippen LogP) is 2.17. The number of ether oxygens (including phenoxy) is 1. The van der Waals surface area contributed by atoms with E-state index in [9.17, 15) is 4.79 Å². The van der Waals surface area contributed by atoms with Crippen LogP contribution in [0.15, 0.2) is 0 Å². The van der Waals surface area contributed by atoms with E-state index in [1.807, 2.05) is 0 Å². The first-order valence-electron chi connectivity index (χ1n) is 7.43. The molecule has 4 heteroatoms. The number of nitrogens with zero attached hydrogens (tertiary/aromatic N) is 1. The normalized spacial score (nSPS) is 28.2. The molecule has 0 heterocycles. The number of hydrogen-bond donors (Lipinski definition) is 1. The Morgan fingerprint density at radius 3 is 2.53 bits per heavy atom. The van der Waals surface area contributed by atoms with E-state index in [0.29, 0.717) is 24.4 Å². The van der Waals surface area contributed by atoms with Crippen molar-refractivity contribution in [2.24, 2.45) is 11.7 Å².